The predicted molar refractivity (Wildman–Crippen MR) is 132 cm³/mol. The van der Waals surface area contributed by atoms with Crippen LogP contribution in [0.1, 0.15) is 32.3 Å². The van der Waals surface area contributed by atoms with Crippen LogP contribution in [0.15, 0.2) is 81.7 Å². The highest BCUT2D eigenvalue weighted by molar-refractivity contribution is 7.07. The topological polar surface area (TPSA) is 72.8 Å². The molecule has 2 atom stereocenters. The Bertz CT molecular complexity index is 1320. The second-order valence-electron chi connectivity index (χ2n) is 9.32. The molecule has 33 heavy (non-hydrogen) atoms. The molecule has 6 nitrogen and oxygen atoms in total. The van der Waals surface area contributed by atoms with Crippen molar-refractivity contribution in [2.75, 3.05) is 0 Å². The van der Waals surface area contributed by atoms with E-state index in [0.29, 0.717) is 17.9 Å². The van der Waals surface area contributed by atoms with Gasteiger partial charge < -0.3 is 0 Å². The Hall–Kier alpha value is -3.32. The lowest BCUT2D eigenvalue weighted by molar-refractivity contribution is -0.384. The monoisotopic (exact) mass is 458 g/mol. The first kappa shape index (κ1) is 21.5. The molecule has 2 bridgehead atoms. The third-order valence-electron chi connectivity index (χ3n) is 7.11. The first-order valence-electron chi connectivity index (χ1n) is 11.2. The third kappa shape index (κ3) is 4.09. The van der Waals surface area contributed by atoms with Crippen molar-refractivity contribution in [2.45, 2.75) is 33.2 Å². The van der Waals surface area contributed by atoms with Gasteiger partial charge in [-0.05, 0) is 41.2 Å². The fourth-order valence-electron chi connectivity index (χ4n) is 4.91. The summed E-state index contributed by atoms with van der Waals surface area (Å²) in [5, 5.41) is 18.1. The number of hydrogen-bond acceptors (Lipinski definition) is 5. The average Bonchev–Trinajstić information content (AvgIpc) is 3.24. The molecule has 0 spiro atoms. The van der Waals surface area contributed by atoms with Crippen LogP contribution in [-0.4, -0.2) is 15.8 Å². The largest absolute Gasteiger partial charge is 0.270 e. The third-order valence-corrected chi connectivity index (χ3v) is 7.97. The van der Waals surface area contributed by atoms with Crippen molar-refractivity contribution in [1.82, 2.24) is 4.68 Å². The van der Waals surface area contributed by atoms with E-state index in [-0.39, 0.29) is 10.6 Å². The van der Waals surface area contributed by atoms with Crippen LogP contribution in [0.5, 0.6) is 0 Å². The maximum absolute atomic E-state index is 11.3. The minimum Gasteiger partial charge on any atom is -0.258 e. The summed E-state index contributed by atoms with van der Waals surface area (Å²) in [6.07, 6.45) is 6.61. The number of nitro benzene ring substituents is 1. The van der Waals surface area contributed by atoms with Gasteiger partial charge in [0, 0.05) is 23.1 Å². The summed E-state index contributed by atoms with van der Waals surface area (Å²) in [5.74, 6) is 1.30. The maximum atomic E-state index is 11.3. The Balaban J connectivity index is 1.55. The standard InChI is InChI=1S/C26H26N4O2S/c1-26(2)21-12-11-20(23(26)14-21)16-28-29-24(19-9-6-10-22(13-19)30(31)32)17-33-25(29)27-15-18-7-4-3-5-8-18/h3-11,13,16-17,21,23H,12,14-15H2,1-2H3. The van der Waals surface area contributed by atoms with Gasteiger partial charge in [-0.1, -0.05) is 62.4 Å². The van der Waals surface area contributed by atoms with Gasteiger partial charge >= 0.3 is 0 Å². The SMILES string of the molecule is CC1(C)C2CC=C(C=Nn3c(-c4cccc([N+](=O)[O-])c4)csc3=NCc3ccccc3)C1C2. The molecule has 0 aliphatic heterocycles. The highest BCUT2D eigenvalue weighted by atomic mass is 32.1. The van der Waals surface area contributed by atoms with Gasteiger partial charge in [0.15, 0.2) is 0 Å². The van der Waals surface area contributed by atoms with Crippen molar-refractivity contribution >= 4 is 23.2 Å². The van der Waals surface area contributed by atoms with E-state index in [1.165, 1.54) is 29.4 Å². The van der Waals surface area contributed by atoms with Crippen molar-refractivity contribution in [3.63, 3.8) is 0 Å². The quantitative estimate of drug-likeness (QED) is 0.256. The summed E-state index contributed by atoms with van der Waals surface area (Å²) in [5.41, 5.74) is 4.33. The van der Waals surface area contributed by atoms with E-state index in [2.05, 4.69) is 19.9 Å². The number of thiazole rings is 1. The molecule has 2 aromatic carbocycles. The first-order valence-corrected chi connectivity index (χ1v) is 12.1. The van der Waals surface area contributed by atoms with E-state index in [0.717, 1.165) is 34.0 Å². The molecule has 0 N–H and O–H groups in total. The maximum Gasteiger partial charge on any atom is 0.270 e. The molecule has 0 amide bonds. The van der Waals surface area contributed by atoms with Crippen LogP contribution in [0, 0.1) is 27.4 Å². The number of hydrogen-bond donors (Lipinski definition) is 0. The van der Waals surface area contributed by atoms with Crippen molar-refractivity contribution < 1.29 is 4.92 Å². The molecule has 1 saturated carbocycles. The van der Waals surface area contributed by atoms with Crippen LogP contribution in [0.2, 0.25) is 0 Å². The second kappa shape index (κ2) is 8.56. The second-order valence-corrected chi connectivity index (χ2v) is 10.2. The minimum atomic E-state index is -0.369. The van der Waals surface area contributed by atoms with Gasteiger partial charge in [0.25, 0.3) is 5.69 Å². The van der Waals surface area contributed by atoms with Crippen molar-refractivity contribution in [3.8, 4) is 11.3 Å². The Morgan fingerprint density at radius 3 is 2.76 bits per heavy atom. The van der Waals surface area contributed by atoms with E-state index in [1.807, 2.05) is 52.7 Å². The van der Waals surface area contributed by atoms with Crippen molar-refractivity contribution in [2.24, 2.45) is 27.3 Å². The Kier molecular flexibility index (Phi) is 5.58. The van der Waals surface area contributed by atoms with Crippen LogP contribution in [-0.2, 0) is 6.54 Å². The number of nitro groups is 1. The first-order chi connectivity index (χ1) is 15.9. The summed E-state index contributed by atoms with van der Waals surface area (Å²) in [4.78, 5) is 16.5. The van der Waals surface area contributed by atoms with Crippen molar-refractivity contribution in [3.05, 3.63) is 92.1 Å². The van der Waals surface area contributed by atoms with E-state index in [4.69, 9.17) is 10.1 Å². The molecule has 0 saturated heterocycles. The molecule has 3 aliphatic rings. The zero-order valence-electron chi connectivity index (χ0n) is 18.7. The number of nitrogens with zero attached hydrogens (tertiary/aromatic N) is 4. The molecule has 1 heterocycles. The fraction of sp³-hybridized carbons (Fsp3) is 0.308. The van der Waals surface area contributed by atoms with Gasteiger partial charge in [0.1, 0.15) is 0 Å². The lowest BCUT2D eigenvalue weighted by Gasteiger charge is -2.55. The highest BCUT2D eigenvalue weighted by Crippen LogP contribution is 2.58. The molecular formula is C26H26N4O2S. The van der Waals surface area contributed by atoms with Gasteiger partial charge in [0.2, 0.25) is 4.80 Å². The number of allylic oxidation sites excluding steroid dienone is 2. The zero-order chi connectivity index (χ0) is 23.0. The summed E-state index contributed by atoms with van der Waals surface area (Å²) in [7, 11) is 0. The molecule has 1 aromatic heterocycles. The van der Waals surface area contributed by atoms with E-state index in [9.17, 15) is 10.1 Å². The molecule has 1 fully saturated rings. The van der Waals surface area contributed by atoms with Crippen LogP contribution < -0.4 is 4.80 Å². The highest BCUT2D eigenvalue weighted by Gasteiger charge is 2.50. The number of non-ortho nitro benzene ring substituents is 1. The Morgan fingerprint density at radius 1 is 1.21 bits per heavy atom. The average molecular weight is 459 g/mol. The van der Waals surface area contributed by atoms with Crippen LogP contribution in [0.25, 0.3) is 11.3 Å². The summed E-state index contributed by atoms with van der Waals surface area (Å²) in [6.45, 7) is 5.24. The van der Waals surface area contributed by atoms with Crippen LogP contribution in [0.3, 0.4) is 0 Å². The zero-order valence-corrected chi connectivity index (χ0v) is 19.5. The van der Waals surface area contributed by atoms with Crippen LogP contribution in [0.4, 0.5) is 5.69 Å². The van der Waals surface area contributed by atoms with Gasteiger partial charge in [-0.15, -0.1) is 11.3 Å². The number of benzene rings is 2. The minimum absolute atomic E-state index is 0.0641. The summed E-state index contributed by atoms with van der Waals surface area (Å²) in [6, 6.07) is 16.8. The Labute approximate surface area is 196 Å². The van der Waals surface area contributed by atoms with Gasteiger partial charge in [-0.3, -0.25) is 15.1 Å². The summed E-state index contributed by atoms with van der Waals surface area (Å²) >= 11 is 1.49. The molecular weight excluding hydrogens is 432 g/mol. The molecule has 3 aromatic rings. The predicted octanol–water partition coefficient (Wildman–Crippen LogP) is 6.05. The molecule has 7 heteroatoms. The lowest BCUT2D eigenvalue weighted by atomic mass is 9.49. The van der Waals surface area contributed by atoms with Gasteiger partial charge in [-0.25, -0.2) is 4.68 Å². The molecule has 2 unspecified atom stereocenters. The molecule has 6 rings (SSSR count). The number of aromatic nitrogens is 1. The van der Waals surface area contributed by atoms with E-state index < -0.39 is 0 Å². The smallest absolute Gasteiger partial charge is 0.258 e. The van der Waals surface area contributed by atoms with Gasteiger partial charge in [0.05, 0.1) is 23.4 Å². The number of fused-ring (bicyclic) bond motifs is 1. The number of rotatable bonds is 6. The lowest BCUT2D eigenvalue weighted by Crippen LogP contribution is -2.48. The fourth-order valence-corrected chi connectivity index (χ4v) is 5.75. The van der Waals surface area contributed by atoms with E-state index in [1.54, 1.807) is 12.1 Å². The van der Waals surface area contributed by atoms with Crippen molar-refractivity contribution in [1.29, 1.82) is 0 Å². The normalized spacial score (nSPS) is 21.6. The molecule has 168 valence electrons. The van der Waals surface area contributed by atoms with Gasteiger partial charge in [-0.2, -0.15) is 5.10 Å². The molecule has 0 radical (unpaired) electrons. The van der Waals surface area contributed by atoms with Crippen LogP contribution >= 0.6 is 11.3 Å². The Morgan fingerprint density at radius 2 is 2.03 bits per heavy atom. The summed E-state index contributed by atoms with van der Waals surface area (Å²) < 4.78 is 1.82. The van der Waals surface area contributed by atoms with E-state index >= 15 is 0 Å². The molecule has 3 aliphatic carbocycles.